The van der Waals surface area contributed by atoms with Crippen LogP contribution in [-0.4, -0.2) is 51.5 Å². The van der Waals surface area contributed by atoms with Gasteiger partial charge >= 0.3 is 5.97 Å². The van der Waals surface area contributed by atoms with Crippen molar-refractivity contribution in [2.75, 3.05) is 6.61 Å². The number of carbonyl (C=O) groups excluding carboxylic acids is 2. The molecule has 0 aromatic heterocycles. The van der Waals surface area contributed by atoms with Crippen molar-refractivity contribution in [3.05, 3.63) is 23.3 Å². The van der Waals surface area contributed by atoms with Gasteiger partial charge in [-0.25, -0.2) is 0 Å². The molecular weight excluding hydrogens is 528 g/mol. The van der Waals surface area contributed by atoms with Gasteiger partial charge in [-0.2, -0.15) is 0 Å². The third-order valence-electron chi connectivity index (χ3n) is 11.6. The third-order valence-corrected chi connectivity index (χ3v) is 11.6. The van der Waals surface area contributed by atoms with Crippen LogP contribution in [0, 0.1) is 34.5 Å². The summed E-state index contributed by atoms with van der Waals surface area (Å²) in [5, 5.41) is 34.9. The molecule has 0 saturated heterocycles. The van der Waals surface area contributed by atoms with Gasteiger partial charge in [0.05, 0.1) is 5.41 Å². The zero-order valence-electron chi connectivity index (χ0n) is 27.0. The molecule has 2 fully saturated rings. The molecule has 1 spiro atoms. The number of aliphatic hydroxyl groups excluding tert-OH is 2. The molecular formula is C36H58O6. The summed E-state index contributed by atoms with van der Waals surface area (Å²) in [5.41, 5.74) is -2.65. The van der Waals surface area contributed by atoms with Crippen molar-refractivity contribution in [3.8, 4) is 0 Å². The second kappa shape index (κ2) is 13.6. The van der Waals surface area contributed by atoms with Crippen LogP contribution in [0.5, 0.6) is 0 Å². The Bertz CT molecular complexity index is 1030. The fraction of sp³-hybridized carbons (Fsp3) is 0.833. The Hall–Kier alpha value is -1.50. The molecule has 0 radical (unpaired) electrons. The topological polar surface area (TPSA) is 104 Å². The van der Waals surface area contributed by atoms with Gasteiger partial charge in [-0.05, 0) is 54.1 Å². The predicted molar refractivity (Wildman–Crippen MR) is 166 cm³/mol. The summed E-state index contributed by atoms with van der Waals surface area (Å²) in [6, 6.07) is 0. The van der Waals surface area contributed by atoms with Crippen LogP contribution >= 0.6 is 0 Å². The van der Waals surface area contributed by atoms with Crippen molar-refractivity contribution >= 4 is 11.8 Å². The van der Waals surface area contributed by atoms with Gasteiger partial charge in [0.15, 0.2) is 5.78 Å². The molecule has 1 unspecified atom stereocenters. The Morgan fingerprint density at radius 3 is 2.05 bits per heavy atom. The highest BCUT2D eigenvalue weighted by Gasteiger charge is 2.75. The molecule has 4 rings (SSSR count). The number of allylic oxidation sites excluding steroid dienone is 1. The summed E-state index contributed by atoms with van der Waals surface area (Å²) in [4.78, 5) is 26.9. The highest BCUT2D eigenvalue weighted by molar-refractivity contribution is 5.95. The monoisotopic (exact) mass is 586 g/mol. The van der Waals surface area contributed by atoms with Gasteiger partial charge in [0, 0.05) is 12.3 Å². The van der Waals surface area contributed by atoms with E-state index >= 15 is 0 Å². The van der Waals surface area contributed by atoms with Gasteiger partial charge in [0.2, 0.25) is 0 Å². The number of aliphatic hydroxyl groups is 3. The Morgan fingerprint density at radius 2 is 1.48 bits per heavy atom. The average Bonchev–Trinajstić information content (AvgIpc) is 3.45. The lowest BCUT2D eigenvalue weighted by Crippen LogP contribution is -2.65. The molecule has 0 heterocycles. The number of rotatable bonds is 16. The predicted octanol–water partition coefficient (Wildman–Crippen LogP) is 6.85. The van der Waals surface area contributed by atoms with E-state index in [-0.39, 0.29) is 35.6 Å². The van der Waals surface area contributed by atoms with E-state index in [0.29, 0.717) is 23.5 Å². The lowest BCUT2D eigenvalue weighted by molar-refractivity contribution is -0.190. The lowest BCUT2D eigenvalue weighted by Gasteiger charge is -2.48. The van der Waals surface area contributed by atoms with Crippen LogP contribution in [0.25, 0.3) is 0 Å². The first-order valence-electron chi connectivity index (χ1n) is 17.1. The van der Waals surface area contributed by atoms with Crippen molar-refractivity contribution < 1.29 is 29.6 Å². The highest BCUT2D eigenvalue weighted by Crippen LogP contribution is 2.71. The number of ether oxygens (including phenoxy) is 1. The fourth-order valence-electron chi connectivity index (χ4n) is 8.94. The molecule has 4 aliphatic carbocycles. The van der Waals surface area contributed by atoms with Gasteiger partial charge in [-0.3, -0.25) is 9.59 Å². The largest absolute Gasteiger partial charge is 0.461 e. The van der Waals surface area contributed by atoms with Gasteiger partial charge in [0.1, 0.15) is 24.4 Å². The normalized spacial score (nSPS) is 36.3. The van der Waals surface area contributed by atoms with Gasteiger partial charge < -0.3 is 20.1 Å². The minimum Gasteiger partial charge on any atom is -0.461 e. The number of unbranched alkanes of at least 4 members (excludes halogenated alkanes) is 12. The minimum absolute atomic E-state index is 0.0217. The van der Waals surface area contributed by atoms with Crippen molar-refractivity contribution in [1.29, 1.82) is 0 Å². The lowest BCUT2D eigenvalue weighted by atomic mass is 9.59. The number of hydrogen-bond acceptors (Lipinski definition) is 6. The summed E-state index contributed by atoms with van der Waals surface area (Å²) in [5.74, 6) is -0.780. The van der Waals surface area contributed by atoms with Gasteiger partial charge in [-0.1, -0.05) is 117 Å². The standard InChI is InChI=1S/C36H58O6/c1-6-7-8-9-10-11-12-13-14-15-16-17-18-19-29(37)42-23-26-21-27-30-28(34(30,4)5)20-25(3)35(33(27)40)22-24(2)31(38)36(35,41)32(26)39/h21-22,25,27-28,30-32,38-39,41H,6-20,23H2,1-5H3/t25-,27-,28-,30+,31?,32-,35+,36-/m1/s1. The van der Waals surface area contributed by atoms with Crippen molar-refractivity contribution in [3.63, 3.8) is 0 Å². The second-order valence-electron chi connectivity index (χ2n) is 14.8. The van der Waals surface area contributed by atoms with Crippen molar-refractivity contribution in [2.24, 2.45) is 34.5 Å². The molecule has 238 valence electrons. The maximum absolute atomic E-state index is 14.3. The van der Waals surface area contributed by atoms with Crippen LogP contribution in [0.2, 0.25) is 0 Å². The molecule has 0 aliphatic heterocycles. The Morgan fingerprint density at radius 1 is 0.929 bits per heavy atom. The molecule has 3 N–H and O–H groups in total. The summed E-state index contributed by atoms with van der Waals surface area (Å²) >= 11 is 0. The first-order valence-corrected chi connectivity index (χ1v) is 17.1. The number of hydrogen-bond donors (Lipinski definition) is 3. The van der Waals surface area contributed by atoms with Gasteiger partial charge in [0.25, 0.3) is 0 Å². The average molecular weight is 587 g/mol. The molecule has 6 heteroatoms. The van der Waals surface area contributed by atoms with Crippen LogP contribution in [-0.2, 0) is 14.3 Å². The Kier molecular flexibility index (Phi) is 10.9. The fourth-order valence-corrected chi connectivity index (χ4v) is 8.94. The zero-order valence-corrected chi connectivity index (χ0v) is 27.0. The van der Waals surface area contributed by atoms with Crippen LogP contribution in [0.4, 0.5) is 0 Å². The van der Waals surface area contributed by atoms with Crippen molar-refractivity contribution in [1.82, 2.24) is 0 Å². The molecule has 6 nitrogen and oxygen atoms in total. The Balaban J connectivity index is 1.27. The maximum atomic E-state index is 14.3. The number of ketones is 1. The van der Waals surface area contributed by atoms with E-state index in [2.05, 4.69) is 20.8 Å². The number of carbonyl (C=O) groups is 2. The summed E-state index contributed by atoms with van der Waals surface area (Å²) < 4.78 is 5.62. The van der Waals surface area contributed by atoms with E-state index in [1.165, 1.54) is 64.2 Å². The zero-order chi connectivity index (χ0) is 30.7. The Labute approximate surface area is 254 Å². The van der Waals surface area contributed by atoms with E-state index in [0.717, 1.165) is 25.7 Å². The van der Waals surface area contributed by atoms with E-state index in [9.17, 15) is 24.9 Å². The first-order chi connectivity index (χ1) is 19.9. The smallest absolute Gasteiger partial charge is 0.306 e. The molecule has 0 aromatic rings. The first kappa shape index (κ1) is 33.4. The summed E-state index contributed by atoms with van der Waals surface area (Å²) in [6.07, 6.45) is 17.8. The van der Waals surface area contributed by atoms with E-state index in [4.69, 9.17) is 4.74 Å². The molecule has 2 bridgehead atoms. The summed E-state index contributed by atoms with van der Waals surface area (Å²) in [6.45, 7) is 10.1. The summed E-state index contributed by atoms with van der Waals surface area (Å²) in [7, 11) is 0. The van der Waals surface area contributed by atoms with E-state index < -0.39 is 29.1 Å². The van der Waals surface area contributed by atoms with Crippen molar-refractivity contribution in [2.45, 2.75) is 149 Å². The van der Waals surface area contributed by atoms with Crippen LogP contribution in [0.3, 0.4) is 0 Å². The van der Waals surface area contributed by atoms with Crippen LogP contribution in [0.1, 0.15) is 131 Å². The SMILES string of the molecule is CCCCCCCCCCCCCCCC(=O)OCC1=C[C@H]2C(=O)[C@]3(C=C(C)C(O)[C@@]3(O)[C@@H]1O)[C@H](C)C[C@@H]1[C@H]2C1(C)C. The number of esters is 1. The minimum atomic E-state index is -2.09. The number of fused-ring (bicyclic) bond motifs is 3. The molecule has 2 saturated carbocycles. The molecule has 0 amide bonds. The number of Topliss-reactive ketones (excluding diaryl/α,β-unsaturated/α-hetero) is 1. The van der Waals surface area contributed by atoms with Crippen LogP contribution in [0.15, 0.2) is 23.3 Å². The van der Waals surface area contributed by atoms with Crippen LogP contribution < -0.4 is 0 Å². The second-order valence-corrected chi connectivity index (χ2v) is 14.8. The molecule has 4 aliphatic rings. The molecule has 8 atom stereocenters. The molecule has 0 aromatic carbocycles. The van der Waals surface area contributed by atoms with E-state index in [1.54, 1.807) is 19.1 Å². The quantitative estimate of drug-likeness (QED) is 0.104. The van der Waals surface area contributed by atoms with Gasteiger partial charge in [-0.15, -0.1) is 0 Å². The highest BCUT2D eigenvalue weighted by atomic mass is 16.5. The van der Waals surface area contributed by atoms with E-state index in [1.807, 2.05) is 6.92 Å². The maximum Gasteiger partial charge on any atom is 0.306 e. The molecule has 42 heavy (non-hydrogen) atoms. The third kappa shape index (κ3) is 6.06.